The SMILES string of the molecule is COc1ccc(NC(=O)COC(=O)COc2cccc(C)c2C)c(OC)c1. The Balaban J connectivity index is 1.83. The van der Waals surface area contributed by atoms with Crippen LogP contribution in [0.15, 0.2) is 36.4 Å². The maximum absolute atomic E-state index is 12.0. The van der Waals surface area contributed by atoms with Crippen molar-refractivity contribution in [3.63, 3.8) is 0 Å². The quantitative estimate of drug-likeness (QED) is 0.717. The first-order valence-electron chi connectivity index (χ1n) is 8.31. The third kappa shape index (κ3) is 5.64. The van der Waals surface area contributed by atoms with E-state index in [1.807, 2.05) is 26.0 Å². The number of carbonyl (C=O) groups is 2. The van der Waals surface area contributed by atoms with Gasteiger partial charge in [0.2, 0.25) is 0 Å². The predicted molar refractivity (Wildman–Crippen MR) is 101 cm³/mol. The number of benzene rings is 2. The summed E-state index contributed by atoms with van der Waals surface area (Å²) in [4.78, 5) is 23.8. The van der Waals surface area contributed by atoms with Gasteiger partial charge in [-0.2, -0.15) is 0 Å². The normalized spacial score (nSPS) is 10.1. The molecule has 1 N–H and O–H groups in total. The Morgan fingerprint density at radius 2 is 1.74 bits per heavy atom. The zero-order valence-corrected chi connectivity index (χ0v) is 15.8. The highest BCUT2D eigenvalue weighted by Gasteiger charge is 2.12. The standard InChI is InChI=1S/C20H23NO6/c1-13-6-5-7-17(14(13)2)26-12-20(23)27-11-19(22)21-16-9-8-15(24-3)10-18(16)25-4/h5-10H,11-12H2,1-4H3,(H,21,22). The van der Waals surface area contributed by atoms with E-state index in [1.165, 1.54) is 14.2 Å². The molecule has 0 saturated heterocycles. The molecular weight excluding hydrogens is 350 g/mol. The number of aryl methyl sites for hydroxylation is 1. The van der Waals surface area contributed by atoms with Crippen molar-refractivity contribution < 1.29 is 28.5 Å². The fourth-order valence-electron chi connectivity index (χ4n) is 2.29. The van der Waals surface area contributed by atoms with Gasteiger partial charge in [-0.15, -0.1) is 0 Å². The maximum Gasteiger partial charge on any atom is 0.344 e. The Morgan fingerprint density at radius 1 is 0.963 bits per heavy atom. The van der Waals surface area contributed by atoms with E-state index in [9.17, 15) is 9.59 Å². The van der Waals surface area contributed by atoms with Crippen molar-refractivity contribution in [1.82, 2.24) is 0 Å². The van der Waals surface area contributed by atoms with E-state index in [0.717, 1.165) is 11.1 Å². The van der Waals surface area contributed by atoms with E-state index < -0.39 is 18.5 Å². The summed E-state index contributed by atoms with van der Waals surface area (Å²) in [5.74, 6) is 0.526. The van der Waals surface area contributed by atoms with Crippen molar-refractivity contribution in [3.8, 4) is 17.2 Å². The van der Waals surface area contributed by atoms with Crippen molar-refractivity contribution in [1.29, 1.82) is 0 Å². The van der Waals surface area contributed by atoms with Crippen LogP contribution in [0.25, 0.3) is 0 Å². The molecule has 1 amide bonds. The van der Waals surface area contributed by atoms with Crippen molar-refractivity contribution in [2.24, 2.45) is 0 Å². The number of ether oxygens (including phenoxy) is 4. The summed E-state index contributed by atoms with van der Waals surface area (Å²) in [6.07, 6.45) is 0. The van der Waals surface area contributed by atoms with Gasteiger partial charge in [0.05, 0.1) is 19.9 Å². The number of hydrogen-bond acceptors (Lipinski definition) is 6. The largest absolute Gasteiger partial charge is 0.497 e. The Morgan fingerprint density at radius 3 is 2.44 bits per heavy atom. The van der Waals surface area contributed by atoms with Crippen LogP contribution in [0.1, 0.15) is 11.1 Å². The molecule has 0 unspecified atom stereocenters. The first kappa shape index (κ1) is 20.1. The second-order valence-corrected chi connectivity index (χ2v) is 5.76. The molecule has 0 saturated carbocycles. The van der Waals surface area contributed by atoms with Gasteiger partial charge in [0.1, 0.15) is 17.2 Å². The fraction of sp³-hybridized carbons (Fsp3) is 0.300. The minimum Gasteiger partial charge on any atom is -0.497 e. The number of esters is 1. The van der Waals surface area contributed by atoms with Gasteiger partial charge in [-0.05, 0) is 43.2 Å². The first-order valence-corrected chi connectivity index (χ1v) is 8.31. The van der Waals surface area contributed by atoms with Crippen LogP contribution in [-0.4, -0.2) is 39.3 Å². The average molecular weight is 373 g/mol. The van der Waals surface area contributed by atoms with Crippen LogP contribution in [0.3, 0.4) is 0 Å². The summed E-state index contributed by atoms with van der Waals surface area (Å²) < 4.78 is 20.7. The highest BCUT2D eigenvalue weighted by molar-refractivity contribution is 5.94. The minimum atomic E-state index is -0.632. The molecule has 0 heterocycles. The van der Waals surface area contributed by atoms with Crippen molar-refractivity contribution >= 4 is 17.6 Å². The van der Waals surface area contributed by atoms with Crippen LogP contribution in [0.2, 0.25) is 0 Å². The molecule has 2 aromatic carbocycles. The number of amides is 1. The zero-order valence-electron chi connectivity index (χ0n) is 15.8. The second-order valence-electron chi connectivity index (χ2n) is 5.76. The predicted octanol–water partition coefficient (Wildman–Crippen LogP) is 2.88. The van der Waals surface area contributed by atoms with E-state index in [2.05, 4.69) is 5.32 Å². The third-order valence-electron chi connectivity index (χ3n) is 3.95. The number of methoxy groups -OCH3 is 2. The van der Waals surface area contributed by atoms with Crippen LogP contribution in [0.4, 0.5) is 5.69 Å². The molecule has 0 atom stereocenters. The smallest absolute Gasteiger partial charge is 0.344 e. The lowest BCUT2D eigenvalue weighted by atomic mass is 10.1. The average Bonchev–Trinajstić information content (AvgIpc) is 2.67. The van der Waals surface area contributed by atoms with Crippen molar-refractivity contribution in [2.45, 2.75) is 13.8 Å². The van der Waals surface area contributed by atoms with Crippen molar-refractivity contribution in [3.05, 3.63) is 47.5 Å². The summed E-state index contributed by atoms with van der Waals surface area (Å²) >= 11 is 0. The van der Waals surface area contributed by atoms with E-state index in [0.29, 0.717) is 22.9 Å². The Kier molecular flexibility index (Phi) is 7.05. The van der Waals surface area contributed by atoms with Gasteiger partial charge in [0.25, 0.3) is 5.91 Å². The molecule has 27 heavy (non-hydrogen) atoms. The number of carbonyl (C=O) groups excluding carboxylic acids is 2. The number of anilines is 1. The lowest BCUT2D eigenvalue weighted by Crippen LogP contribution is -2.24. The summed E-state index contributed by atoms with van der Waals surface area (Å²) in [5, 5.41) is 2.62. The second kappa shape index (κ2) is 9.47. The van der Waals surface area contributed by atoms with Gasteiger partial charge in [-0.1, -0.05) is 12.1 Å². The monoisotopic (exact) mass is 373 g/mol. The summed E-state index contributed by atoms with van der Waals surface area (Å²) in [6.45, 7) is 3.16. The van der Waals surface area contributed by atoms with E-state index in [1.54, 1.807) is 24.3 Å². The summed E-state index contributed by atoms with van der Waals surface area (Å²) in [7, 11) is 3.02. The molecule has 0 radical (unpaired) electrons. The third-order valence-corrected chi connectivity index (χ3v) is 3.95. The van der Waals surface area contributed by atoms with Gasteiger partial charge in [-0.25, -0.2) is 4.79 Å². The molecule has 144 valence electrons. The van der Waals surface area contributed by atoms with E-state index in [-0.39, 0.29) is 6.61 Å². The Labute approximate surface area is 158 Å². The van der Waals surface area contributed by atoms with Crippen LogP contribution >= 0.6 is 0 Å². The molecule has 0 spiro atoms. The van der Waals surface area contributed by atoms with E-state index in [4.69, 9.17) is 18.9 Å². The highest BCUT2D eigenvalue weighted by Crippen LogP contribution is 2.28. The molecule has 0 aliphatic carbocycles. The number of hydrogen-bond donors (Lipinski definition) is 1. The van der Waals surface area contributed by atoms with Gasteiger partial charge < -0.3 is 24.3 Å². The number of rotatable bonds is 8. The fourth-order valence-corrected chi connectivity index (χ4v) is 2.29. The lowest BCUT2D eigenvalue weighted by Gasteiger charge is -2.12. The molecule has 0 bridgehead atoms. The molecule has 2 aromatic rings. The molecule has 0 aliphatic rings. The molecule has 0 aliphatic heterocycles. The molecule has 7 heteroatoms. The molecule has 7 nitrogen and oxygen atoms in total. The lowest BCUT2D eigenvalue weighted by molar-refractivity contribution is -0.149. The van der Waals surface area contributed by atoms with Crippen LogP contribution in [-0.2, 0) is 14.3 Å². The number of nitrogens with one attached hydrogen (secondary N) is 1. The van der Waals surface area contributed by atoms with Gasteiger partial charge >= 0.3 is 5.97 Å². The topological polar surface area (TPSA) is 83.1 Å². The van der Waals surface area contributed by atoms with Crippen LogP contribution in [0.5, 0.6) is 17.2 Å². The molecule has 2 rings (SSSR count). The summed E-state index contributed by atoms with van der Waals surface area (Å²) in [6, 6.07) is 10.5. The van der Waals surface area contributed by atoms with E-state index >= 15 is 0 Å². The zero-order chi connectivity index (χ0) is 19.8. The maximum atomic E-state index is 12.0. The van der Waals surface area contributed by atoms with Crippen LogP contribution < -0.4 is 19.5 Å². The van der Waals surface area contributed by atoms with Crippen LogP contribution in [0, 0.1) is 13.8 Å². The minimum absolute atomic E-state index is 0.274. The van der Waals surface area contributed by atoms with Crippen molar-refractivity contribution in [2.75, 3.05) is 32.8 Å². The highest BCUT2D eigenvalue weighted by atomic mass is 16.6. The Bertz CT molecular complexity index is 818. The first-order chi connectivity index (χ1) is 12.9. The molecular formula is C20H23NO6. The van der Waals surface area contributed by atoms with Gasteiger partial charge in [0, 0.05) is 6.07 Å². The van der Waals surface area contributed by atoms with Gasteiger partial charge in [0.15, 0.2) is 13.2 Å². The Hall–Kier alpha value is -3.22. The molecule has 0 fully saturated rings. The van der Waals surface area contributed by atoms with Gasteiger partial charge in [-0.3, -0.25) is 4.79 Å². The summed E-state index contributed by atoms with van der Waals surface area (Å²) in [5.41, 5.74) is 2.47. The molecule has 0 aromatic heterocycles.